The quantitative estimate of drug-likeness (QED) is 0.0405. The molecular formula is C94H118N17O17PS2. The largest absolute Gasteiger partial charge is 0.508 e. The Bertz CT molecular complexity index is 5330. The van der Waals surface area contributed by atoms with Gasteiger partial charge in [-0.25, -0.2) is 4.98 Å². The maximum Gasteiger partial charge on any atom is 0.246 e. The van der Waals surface area contributed by atoms with Crippen LogP contribution in [0.3, 0.4) is 0 Å². The fraction of sp³-hybridized carbons (Fsp3) is 0.415. The van der Waals surface area contributed by atoms with Gasteiger partial charge in [-0.1, -0.05) is 190 Å². The number of aliphatic hydroxyl groups excluding tert-OH is 1. The number of nitrogens with zero attached hydrogens (tertiary/aromatic N) is 6. The zero-order chi connectivity index (χ0) is 95.3. The Balaban J connectivity index is 1.12. The molecule has 1 aliphatic rings. The molecule has 0 radical (unpaired) electrons. The molecule has 6 aromatic carbocycles. The number of aromatic hydroxyl groups is 1. The van der Waals surface area contributed by atoms with Gasteiger partial charge in [0, 0.05) is 103 Å². The van der Waals surface area contributed by atoms with Gasteiger partial charge in [-0.15, -0.1) is 23.1 Å². The molecule has 11 atom stereocenters. The fourth-order valence-corrected chi connectivity index (χ4v) is 17.4. The fourth-order valence-electron chi connectivity index (χ4n) is 15.3. The van der Waals surface area contributed by atoms with Crippen LogP contribution in [0, 0.1) is 11.8 Å². The van der Waals surface area contributed by atoms with E-state index < -0.39 is 198 Å². The van der Waals surface area contributed by atoms with Gasteiger partial charge in [0.05, 0.1) is 46.1 Å². The number of benzene rings is 6. The van der Waals surface area contributed by atoms with Crippen LogP contribution >= 0.6 is 32.0 Å². The molecule has 1 fully saturated rings. The Morgan fingerprint density at radius 1 is 0.511 bits per heavy atom. The summed E-state index contributed by atoms with van der Waals surface area (Å²) in [5.41, 5.74) is 8.97. The van der Waals surface area contributed by atoms with Gasteiger partial charge in [-0.3, -0.25) is 71.9 Å². The van der Waals surface area contributed by atoms with E-state index in [2.05, 4.69) is 61.7 Å². The van der Waals surface area contributed by atoms with Crippen molar-refractivity contribution in [1.29, 1.82) is 0 Å². The smallest absolute Gasteiger partial charge is 0.246 e. The second kappa shape index (κ2) is 49.2. The molecule has 0 saturated carbocycles. The number of likely N-dealkylation sites (N-methyl/N-ethyl adjacent to an activating group) is 5. The molecule has 0 unspecified atom stereocenters. The van der Waals surface area contributed by atoms with Crippen LogP contribution in [0.25, 0.3) is 21.1 Å². The Hall–Kier alpha value is -12.9. The number of unbranched alkanes of at least 4 members (excludes halogenated alkanes) is 1. The number of nitrogens with one attached hydrogen (secondary N) is 10. The zero-order valence-corrected chi connectivity index (χ0v) is 77.7. The predicted molar refractivity (Wildman–Crippen MR) is 501 cm³/mol. The molecule has 14 N–H and O–H groups in total. The number of amides is 15. The van der Waals surface area contributed by atoms with Gasteiger partial charge in [0.1, 0.15) is 72.2 Å². The van der Waals surface area contributed by atoms with Gasteiger partial charge < -0.3 is 93.3 Å². The van der Waals surface area contributed by atoms with E-state index in [-0.39, 0.29) is 68.8 Å². The summed E-state index contributed by atoms with van der Waals surface area (Å²) in [5, 5.41) is 46.7. The van der Waals surface area contributed by atoms with E-state index in [9.17, 15) is 39.0 Å². The first-order valence-corrected chi connectivity index (χ1v) is 45.8. The third-order valence-electron chi connectivity index (χ3n) is 22.4. The van der Waals surface area contributed by atoms with E-state index >= 15 is 43.2 Å². The Kier molecular flexibility index (Phi) is 38.2. The number of phenols is 1. The molecule has 34 nitrogen and oxygen atoms in total. The molecule has 9 rings (SSSR count). The number of fused-ring (bicyclic) bond motifs is 2. The second-order valence-corrected chi connectivity index (χ2v) is 36.2. The average Bonchev–Trinajstić information content (AvgIpc) is 1.81. The first-order chi connectivity index (χ1) is 62.4. The van der Waals surface area contributed by atoms with E-state index in [1.165, 1.54) is 80.6 Å². The normalized spacial score (nSPS) is 21.8. The van der Waals surface area contributed by atoms with Gasteiger partial charge in [-0.2, -0.15) is 0 Å². The van der Waals surface area contributed by atoms with Gasteiger partial charge in [0.25, 0.3) is 0 Å². The molecule has 1 aliphatic heterocycles. The zero-order valence-electron chi connectivity index (χ0n) is 75.1. The third kappa shape index (κ3) is 30.1. The number of primary amides is 1. The number of nitrogens with two attached hydrogens (primary N) is 1. The molecule has 0 spiro atoms. The van der Waals surface area contributed by atoms with Crippen LogP contribution in [-0.2, 0) is 110 Å². The Labute approximate surface area is 771 Å². The number of para-hydroxylation sites is 2. The number of H-pyrrole nitrogens is 1. The van der Waals surface area contributed by atoms with Crippen molar-refractivity contribution in [2.24, 2.45) is 17.6 Å². The summed E-state index contributed by atoms with van der Waals surface area (Å²) < 4.78 is 0.732. The van der Waals surface area contributed by atoms with Crippen LogP contribution in [-0.4, -0.2) is 272 Å². The molecule has 2 aromatic heterocycles. The van der Waals surface area contributed by atoms with Crippen LogP contribution in [0.15, 0.2) is 170 Å². The summed E-state index contributed by atoms with van der Waals surface area (Å²) in [5.74, 6) is -14.9. The molecule has 1 saturated heterocycles. The highest BCUT2D eigenvalue weighted by molar-refractivity contribution is 8.00. The second-order valence-electron chi connectivity index (χ2n) is 33.5. The molecule has 0 aliphatic carbocycles. The standard InChI is InChI=1S/C94H118N17O17PS2/c1-11-12-35-73-92(126)108(7)52-79(115)99-69(48-82(117)129)88(122)106-83(56(4)5)94(128)110(9)74(44-58-28-18-14-19-29-58)89(123)104-70(43-60-37-39-62(112)40-38-60)90(124)107(6)51-78(114)98-67(46-61-49-96-64-33-23-22-32-63(61)64)86(120)103-68(47-81-101-65-34-24-25-36-76(65)131-81)87(121)102-66(41-55(2)3)85(119)105-72(84(118)97-50-77(95)113)53-130-54-80(116)100-71(42-57-26-16-13-17-27-57)91(125)111(10)75(93(127)109(73)8)45-59-30-20-15-21-31-59/h13-34,36-40,49,55-56,66-75,83,96,112,117,129H,11-12,35,41-48,50-54H2,1-10H3,(H2,95,113)(H,97,118)(H,98,114)(H,99,115)(H,100,116)(H,102,121)(H,103,120)(H,104,123)(H,105,119)(H,106,122)/t66-,67-,68-,69-,70-,71-,72-,73-,74-,75-,83-/m0/s1. The number of rotatable bonds is 23. The minimum Gasteiger partial charge on any atom is -0.508 e. The predicted octanol–water partition coefficient (Wildman–Crippen LogP) is 3.79. The van der Waals surface area contributed by atoms with Crippen LogP contribution in [0.2, 0.25) is 0 Å². The molecule has 0 bridgehead atoms. The van der Waals surface area contributed by atoms with Crippen molar-refractivity contribution >= 4 is 147 Å². The first-order valence-electron chi connectivity index (χ1n) is 43.3. The van der Waals surface area contributed by atoms with Gasteiger partial charge in [0.15, 0.2) is 0 Å². The number of aromatic amines is 1. The summed E-state index contributed by atoms with van der Waals surface area (Å²) in [6.07, 6.45) is 0.876. The number of aromatic nitrogens is 2. The lowest BCUT2D eigenvalue weighted by atomic mass is 9.98. The number of hydrogen-bond acceptors (Lipinski definition) is 19. The summed E-state index contributed by atoms with van der Waals surface area (Å²) in [4.78, 5) is 237. The molecule has 698 valence electrons. The molecule has 15 amide bonds. The van der Waals surface area contributed by atoms with Crippen molar-refractivity contribution in [2.75, 3.05) is 66.4 Å². The summed E-state index contributed by atoms with van der Waals surface area (Å²) in [7, 11) is 9.80. The van der Waals surface area contributed by atoms with Gasteiger partial charge in [-0.05, 0) is 82.8 Å². The number of carbonyl (C=O) groups is 15. The van der Waals surface area contributed by atoms with E-state index in [1.54, 1.807) is 167 Å². The molecule has 3 heterocycles. The lowest BCUT2D eigenvalue weighted by molar-refractivity contribution is -0.151. The summed E-state index contributed by atoms with van der Waals surface area (Å²) in [6.45, 7) is 6.49. The molecule has 131 heavy (non-hydrogen) atoms. The van der Waals surface area contributed by atoms with Crippen molar-refractivity contribution in [2.45, 2.75) is 172 Å². The lowest BCUT2D eigenvalue weighted by Crippen LogP contribution is -2.61. The van der Waals surface area contributed by atoms with E-state index in [1.807, 2.05) is 13.0 Å². The Morgan fingerprint density at radius 2 is 1.01 bits per heavy atom. The van der Waals surface area contributed by atoms with Crippen molar-refractivity contribution < 1.29 is 82.1 Å². The van der Waals surface area contributed by atoms with E-state index in [0.717, 1.165) is 31.2 Å². The monoisotopic (exact) mass is 1850 g/mol. The third-order valence-corrected chi connectivity index (χ3v) is 24.7. The lowest BCUT2D eigenvalue weighted by Gasteiger charge is -2.37. The number of thioether (sulfide) groups is 1. The van der Waals surface area contributed by atoms with E-state index in [0.29, 0.717) is 62.1 Å². The topological polar surface area (TPSA) is 476 Å². The highest BCUT2D eigenvalue weighted by Gasteiger charge is 2.42. The highest BCUT2D eigenvalue weighted by Crippen LogP contribution is 2.27. The van der Waals surface area contributed by atoms with E-state index in [4.69, 9.17) is 10.7 Å². The highest BCUT2D eigenvalue weighted by atomic mass is 32.2. The first kappa shape index (κ1) is 102. The molecular weight excluding hydrogens is 1730 g/mol. The SMILES string of the molecule is CCCC[C@H]1C(=O)N(C)CC(=O)N[C@@H](CC(O)=P)C(=O)N[C@@H](C(C)C)C(=O)N(C)[C@@H](Cc2ccccc2)C(=O)N[C@@H](Cc2ccc(O)cc2)C(=O)N(C)CC(=O)N[C@@H](Cc2c[nH]c3ccccc23)C(=O)N[C@@H](Cc2nc3ccccc3s2)C(=O)N[C@@H](CC(C)C)C(=O)N[C@H](C(=O)NCC(N)=O)CSCC(=O)N[C@@H](Cc2ccccc2)C(=O)N(C)[C@@H](Cc2ccccc2)C(=O)N1C. The Morgan fingerprint density at radius 3 is 1.60 bits per heavy atom. The number of carbonyl (C=O) groups excluding carboxylic acids is 15. The van der Waals surface area contributed by atoms with Crippen molar-refractivity contribution in [3.05, 3.63) is 203 Å². The number of thiazole rings is 1. The number of phenolic OH excluding ortho intramolecular Hbond substituents is 1. The van der Waals surface area contributed by atoms with Gasteiger partial charge >= 0.3 is 0 Å². The van der Waals surface area contributed by atoms with Crippen LogP contribution < -0.4 is 53.6 Å². The van der Waals surface area contributed by atoms with Crippen molar-refractivity contribution in [1.82, 2.24) is 82.3 Å². The maximum absolute atomic E-state index is 15.6. The van der Waals surface area contributed by atoms with Gasteiger partial charge in [0.2, 0.25) is 88.6 Å². The van der Waals surface area contributed by atoms with Crippen molar-refractivity contribution in [3.8, 4) is 5.75 Å². The minimum atomic E-state index is -1.64. The van der Waals surface area contributed by atoms with Crippen LogP contribution in [0.5, 0.6) is 5.75 Å². The van der Waals surface area contributed by atoms with Crippen LogP contribution in [0.1, 0.15) is 99.5 Å². The molecule has 8 aromatic rings. The molecule has 37 heteroatoms. The van der Waals surface area contributed by atoms with Crippen molar-refractivity contribution in [3.63, 3.8) is 0 Å². The summed E-state index contributed by atoms with van der Waals surface area (Å²) >= 11 is 2.08. The summed E-state index contributed by atoms with van der Waals surface area (Å²) in [6, 6.07) is 29.9. The maximum atomic E-state index is 15.6. The number of aliphatic hydroxyl groups is 1. The number of hydrogen-bond donors (Lipinski definition) is 13. The minimum absolute atomic E-state index is 0.0682. The van der Waals surface area contributed by atoms with Crippen LogP contribution in [0.4, 0.5) is 0 Å². The average molecular weight is 1850 g/mol.